The number of ether oxygens (including phenoxy) is 2. The summed E-state index contributed by atoms with van der Waals surface area (Å²) in [5, 5.41) is 7.68. The summed E-state index contributed by atoms with van der Waals surface area (Å²) in [6.07, 6.45) is 2.26. The van der Waals surface area contributed by atoms with Crippen molar-refractivity contribution in [1.82, 2.24) is 20.1 Å². The zero-order valence-corrected chi connectivity index (χ0v) is 17.6. The van der Waals surface area contributed by atoms with Gasteiger partial charge in [-0.2, -0.15) is 13.9 Å². The fraction of sp³-hybridized carbons (Fsp3) is 0.409. The summed E-state index contributed by atoms with van der Waals surface area (Å²) in [5.41, 5.74) is 2.42. The lowest BCUT2D eigenvalue weighted by Crippen LogP contribution is -2.46. The van der Waals surface area contributed by atoms with Crippen molar-refractivity contribution in [3.63, 3.8) is 0 Å². The van der Waals surface area contributed by atoms with E-state index in [9.17, 15) is 13.6 Å². The minimum atomic E-state index is -2.91. The number of carbonyl (C=O) groups excluding carboxylic acids is 1. The number of alkyl halides is 2. The number of hydrogen-bond acceptors (Lipinski definition) is 5. The second-order valence-electron chi connectivity index (χ2n) is 8.20. The van der Waals surface area contributed by atoms with Crippen molar-refractivity contribution < 1.29 is 23.0 Å². The van der Waals surface area contributed by atoms with E-state index >= 15 is 0 Å². The number of nitrogens with one attached hydrogen (secondary N) is 1. The number of rotatable bonds is 6. The summed E-state index contributed by atoms with van der Waals surface area (Å²) in [4.78, 5) is 17.3. The highest BCUT2D eigenvalue weighted by Crippen LogP contribution is 2.31. The van der Waals surface area contributed by atoms with E-state index in [1.165, 1.54) is 18.3 Å². The van der Waals surface area contributed by atoms with Gasteiger partial charge in [-0.15, -0.1) is 0 Å². The molecule has 1 fully saturated rings. The third-order valence-electron chi connectivity index (χ3n) is 5.26. The van der Waals surface area contributed by atoms with Crippen molar-refractivity contribution in [3.05, 3.63) is 42.1 Å². The van der Waals surface area contributed by atoms with E-state index in [4.69, 9.17) is 4.74 Å². The summed E-state index contributed by atoms with van der Waals surface area (Å²) in [5.74, 6) is -0.185. The van der Waals surface area contributed by atoms with Gasteiger partial charge in [0.1, 0.15) is 17.0 Å². The molecule has 7 nitrogen and oxygen atoms in total. The number of carbonyl (C=O) groups is 1. The summed E-state index contributed by atoms with van der Waals surface area (Å²) in [6.45, 7) is 4.07. The molecule has 1 aliphatic heterocycles. The molecule has 1 amide bonds. The summed E-state index contributed by atoms with van der Waals surface area (Å²) in [7, 11) is 0. The number of benzene rings is 1. The van der Waals surface area contributed by atoms with E-state index in [1.807, 2.05) is 20.8 Å². The topological polar surface area (TPSA) is 78.3 Å². The van der Waals surface area contributed by atoms with Gasteiger partial charge in [0.15, 0.2) is 0 Å². The highest BCUT2D eigenvalue weighted by Gasteiger charge is 2.32. The van der Waals surface area contributed by atoms with Crippen molar-refractivity contribution in [3.8, 4) is 17.0 Å². The van der Waals surface area contributed by atoms with Crippen LogP contribution in [0.4, 0.5) is 8.78 Å². The Kier molecular flexibility index (Phi) is 5.62. The van der Waals surface area contributed by atoms with Gasteiger partial charge in [-0.3, -0.25) is 14.5 Å². The maximum Gasteiger partial charge on any atom is 0.387 e. The first-order chi connectivity index (χ1) is 14.8. The van der Waals surface area contributed by atoms with E-state index in [1.54, 1.807) is 22.9 Å². The van der Waals surface area contributed by atoms with Crippen LogP contribution in [-0.4, -0.2) is 46.0 Å². The second-order valence-corrected chi connectivity index (χ2v) is 8.20. The van der Waals surface area contributed by atoms with Crippen molar-refractivity contribution >= 4 is 16.9 Å². The molecule has 1 aromatic carbocycles. The first-order valence-corrected chi connectivity index (χ1v) is 10.1. The average Bonchev–Trinajstić information content (AvgIpc) is 3.31. The maximum atomic E-state index is 12.8. The van der Waals surface area contributed by atoms with Gasteiger partial charge in [0.25, 0.3) is 5.91 Å². The van der Waals surface area contributed by atoms with E-state index in [2.05, 4.69) is 20.1 Å². The second kappa shape index (κ2) is 8.22. The molecule has 1 aliphatic rings. The van der Waals surface area contributed by atoms with Crippen molar-refractivity contribution in [2.45, 2.75) is 45.4 Å². The van der Waals surface area contributed by atoms with Crippen LogP contribution in [0, 0.1) is 0 Å². The zero-order valence-electron chi connectivity index (χ0n) is 17.6. The zero-order chi connectivity index (χ0) is 22.2. The fourth-order valence-corrected chi connectivity index (χ4v) is 3.66. The van der Waals surface area contributed by atoms with Crippen LogP contribution >= 0.6 is 0 Å². The van der Waals surface area contributed by atoms with Crippen molar-refractivity contribution in [1.29, 1.82) is 0 Å². The van der Waals surface area contributed by atoms with Crippen LogP contribution in [-0.2, 0) is 4.74 Å². The Morgan fingerprint density at radius 3 is 2.81 bits per heavy atom. The van der Waals surface area contributed by atoms with E-state index < -0.39 is 12.2 Å². The van der Waals surface area contributed by atoms with Crippen LogP contribution in [0.15, 0.2) is 36.5 Å². The summed E-state index contributed by atoms with van der Waals surface area (Å²) < 4.78 is 36.9. The van der Waals surface area contributed by atoms with Crippen LogP contribution < -0.4 is 10.1 Å². The molecule has 0 unspecified atom stereocenters. The monoisotopic (exact) mass is 430 g/mol. The minimum absolute atomic E-state index is 0.00222. The van der Waals surface area contributed by atoms with Gasteiger partial charge < -0.3 is 14.8 Å². The fourth-order valence-electron chi connectivity index (χ4n) is 3.66. The molecular weight excluding hydrogens is 406 g/mol. The van der Waals surface area contributed by atoms with Crippen LogP contribution in [0.1, 0.15) is 43.6 Å². The van der Waals surface area contributed by atoms with Crippen LogP contribution in [0.2, 0.25) is 0 Å². The molecule has 0 spiro atoms. The number of hydrogen-bond donors (Lipinski definition) is 1. The van der Waals surface area contributed by atoms with Gasteiger partial charge in [0.05, 0.1) is 23.2 Å². The molecule has 1 atom stereocenters. The Balaban J connectivity index is 1.73. The Bertz CT molecular complexity index is 1110. The standard InChI is InChI=1S/C22H24F2N4O3/c1-13(2)28-17-10-15(20(29)26-22(3)7-8-30-12-22)11-25-19(17)18(27-28)14-5-4-6-16(9-14)31-21(23)24/h4-6,9-11,13,21H,7-8,12H2,1-3H3,(H,26,29)/t22-/m1/s1. The van der Waals surface area contributed by atoms with E-state index in [-0.39, 0.29) is 17.7 Å². The molecule has 2 aromatic heterocycles. The molecule has 0 aliphatic carbocycles. The van der Waals surface area contributed by atoms with Gasteiger partial charge >= 0.3 is 6.61 Å². The summed E-state index contributed by atoms with van der Waals surface area (Å²) in [6, 6.07) is 8.10. The third kappa shape index (κ3) is 4.36. The van der Waals surface area contributed by atoms with E-state index in [0.717, 1.165) is 6.42 Å². The highest BCUT2D eigenvalue weighted by atomic mass is 19.3. The minimum Gasteiger partial charge on any atom is -0.435 e. The Morgan fingerprint density at radius 1 is 1.32 bits per heavy atom. The lowest BCUT2D eigenvalue weighted by molar-refractivity contribution is -0.0498. The van der Waals surface area contributed by atoms with E-state index in [0.29, 0.717) is 41.1 Å². The maximum absolute atomic E-state index is 12.8. The SMILES string of the molecule is CC(C)n1nc(-c2cccc(OC(F)F)c2)c2ncc(C(=O)N[C@]3(C)CCOC3)cc21. The Morgan fingerprint density at radius 2 is 2.13 bits per heavy atom. The number of pyridine rings is 1. The first kappa shape index (κ1) is 21.2. The predicted octanol–water partition coefficient (Wildman–Crippen LogP) is 4.19. The molecule has 0 radical (unpaired) electrons. The summed E-state index contributed by atoms with van der Waals surface area (Å²) >= 11 is 0. The molecule has 0 bridgehead atoms. The van der Waals surface area contributed by atoms with Crippen LogP contribution in [0.3, 0.4) is 0 Å². The predicted molar refractivity (Wildman–Crippen MR) is 111 cm³/mol. The Hall–Kier alpha value is -3.07. The van der Waals surface area contributed by atoms with Gasteiger partial charge in [0, 0.05) is 24.4 Å². The van der Waals surface area contributed by atoms with Crippen molar-refractivity contribution in [2.75, 3.05) is 13.2 Å². The molecule has 3 aromatic rings. The normalized spacial score (nSPS) is 18.8. The van der Waals surface area contributed by atoms with Gasteiger partial charge in [-0.1, -0.05) is 12.1 Å². The van der Waals surface area contributed by atoms with Crippen LogP contribution in [0.5, 0.6) is 5.75 Å². The lowest BCUT2D eigenvalue weighted by atomic mass is 10.0. The molecule has 1 N–H and O–H groups in total. The molecule has 4 rings (SSSR count). The third-order valence-corrected chi connectivity index (χ3v) is 5.26. The lowest BCUT2D eigenvalue weighted by Gasteiger charge is -2.23. The molecular formula is C22H24F2N4O3. The molecule has 9 heteroatoms. The smallest absolute Gasteiger partial charge is 0.387 e. The van der Waals surface area contributed by atoms with Gasteiger partial charge in [-0.05, 0) is 45.4 Å². The number of aromatic nitrogens is 3. The van der Waals surface area contributed by atoms with Crippen LogP contribution in [0.25, 0.3) is 22.3 Å². The number of halogens is 2. The molecule has 3 heterocycles. The largest absolute Gasteiger partial charge is 0.435 e. The van der Waals surface area contributed by atoms with Gasteiger partial charge in [0.2, 0.25) is 0 Å². The van der Waals surface area contributed by atoms with Gasteiger partial charge in [-0.25, -0.2) is 0 Å². The molecule has 164 valence electrons. The average molecular weight is 430 g/mol. The molecule has 0 saturated carbocycles. The first-order valence-electron chi connectivity index (χ1n) is 10.1. The number of fused-ring (bicyclic) bond motifs is 1. The quantitative estimate of drug-likeness (QED) is 0.635. The molecule has 31 heavy (non-hydrogen) atoms. The number of amides is 1. The van der Waals surface area contributed by atoms with Crippen molar-refractivity contribution in [2.24, 2.45) is 0 Å². The molecule has 1 saturated heterocycles. The number of nitrogens with zero attached hydrogens (tertiary/aromatic N) is 3. The Labute approximate surface area is 178 Å². The highest BCUT2D eigenvalue weighted by molar-refractivity contribution is 5.99.